The molecule has 0 atom stereocenters. The monoisotopic (exact) mass is 473 g/mol. The number of aromatic nitrogens is 2. The number of hydrogen-bond acceptors (Lipinski definition) is 7. The van der Waals surface area contributed by atoms with Gasteiger partial charge in [-0.2, -0.15) is 0 Å². The maximum Gasteiger partial charge on any atom is 0.130 e. The van der Waals surface area contributed by atoms with Crippen LogP contribution in [0.15, 0.2) is 55.2 Å². The summed E-state index contributed by atoms with van der Waals surface area (Å²) in [5, 5.41) is 9.35. The highest BCUT2D eigenvalue weighted by Crippen LogP contribution is 2.36. The maximum atomic E-state index is 9.35. The van der Waals surface area contributed by atoms with Gasteiger partial charge in [-0.3, -0.25) is 0 Å². The van der Waals surface area contributed by atoms with E-state index in [0.717, 1.165) is 71.2 Å². The normalized spacial score (nSPS) is 13.6. The van der Waals surface area contributed by atoms with Crippen LogP contribution in [0.3, 0.4) is 0 Å². The molecule has 1 fully saturated rings. The Kier molecular flexibility index (Phi) is 8.00. The van der Waals surface area contributed by atoms with E-state index in [1.165, 1.54) is 5.56 Å². The van der Waals surface area contributed by atoms with Crippen LogP contribution in [0.4, 0.5) is 17.3 Å². The number of nitrogen functional groups attached to an aromatic ring is 1. The van der Waals surface area contributed by atoms with Crippen LogP contribution in [0.2, 0.25) is 0 Å². The third kappa shape index (κ3) is 5.63. The van der Waals surface area contributed by atoms with E-state index in [0.29, 0.717) is 19.8 Å². The van der Waals surface area contributed by atoms with Crippen LogP contribution in [0.25, 0.3) is 16.8 Å². The van der Waals surface area contributed by atoms with Crippen molar-refractivity contribution in [3.05, 3.63) is 71.9 Å². The number of nitrogens with two attached hydrogens (primary N) is 1. The Hall–Kier alpha value is -3.42. The van der Waals surface area contributed by atoms with Crippen molar-refractivity contribution in [1.29, 1.82) is 0 Å². The van der Waals surface area contributed by atoms with Gasteiger partial charge in [-0.25, -0.2) is 9.97 Å². The fourth-order valence-corrected chi connectivity index (χ4v) is 4.44. The van der Waals surface area contributed by atoms with Crippen molar-refractivity contribution in [2.24, 2.45) is 0 Å². The van der Waals surface area contributed by atoms with Crippen LogP contribution in [0, 0.1) is 0 Å². The van der Waals surface area contributed by atoms with Gasteiger partial charge < -0.3 is 25.4 Å². The number of morpholine rings is 1. The van der Waals surface area contributed by atoms with Gasteiger partial charge in [0.2, 0.25) is 0 Å². The number of nitrogens with zero attached hydrogens (tertiary/aromatic N) is 4. The van der Waals surface area contributed by atoms with Crippen LogP contribution >= 0.6 is 0 Å². The highest BCUT2D eigenvalue weighted by Gasteiger charge is 2.21. The highest BCUT2D eigenvalue weighted by molar-refractivity contribution is 5.85. The van der Waals surface area contributed by atoms with E-state index >= 15 is 0 Å². The smallest absolute Gasteiger partial charge is 0.130 e. The van der Waals surface area contributed by atoms with Gasteiger partial charge in [-0.1, -0.05) is 32.1 Å². The molecule has 35 heavy (non-hydrogen) atoms. The minimum Gasteiger partial charge on any atom is -0.399 e. The summed E-state index contributed by atoms with van der Waals surface area (Å²) in [6.07, 6.45) is 3.65. The number of anilines is 3. The number of benzene rings is 1. The van der Waals surface area contributed by atoms with Gasteiger partial charge in [-0.15, -0.1) is 0 Å². The third-order valence-electron chi connectivity index (χ3n) is 6.35. The lowest BCUT2D eigenvalue weighted by atomic mass is 9.90. The molecule has 0 amide bonds. The van der Waals surface area contributed by atoms with E-state index in [1.807, 2.05) is 42.3 Å². The van der Waals surface area contributed by atoms with Crippen LogP contribution in [-0.2, 0) is 11.2 Å². The van der Waals surface area contributed by atoms with E-state index < -0.39 is 0 Å². The van der Waals surface area contributed by atoms with E-state index in [9.17, 15) is 5.11 Å². The second-order valence-corrected chi connectivity index (χ2v) is 8.86. The maximum absolute atomic E-state index is 9.35. The number of aliphatic hydroxyl groups is 1. The fraction of sp³-hybridized carbons (Fsp3) is 0.357. The van der Waals surface area contributed by atoms with Gasteiger partial charge in [0.05, 0.1) is 25.5 Å². The first kappa shape index (κ1) is 24.7. The first-order valence-electron chi connectivity index (χ1n) is 12.2. The summed E-state index contributed by atoms with van der Waals surface area (Å²) in [6.45, 7) is 10.3. The Morgan fingerprint density at radius 3 is 2.71 bits per heavy atom. The SMILES string of the molecule is C=C(c1ccnc(N(C)CCO)c1)c1cc(N2CCOCC2)nc(-c2cccc(N)c2)c1CCC. The molecule has 7 heteroatoms. The van der Waals surface area contributed by atoms with Crippen LogP contribution in [0.5, 0.6) is 0 Å². The van der Waals surface area contributed by atoms with E-state index in [1.54, 1.807) is 6.20 Å². The summed E-state index contributed by atoms with van der Waals surface area (Å²) in [5.41, 5.74) is 13.0. The van der Waals surface area contributed by atoms with Gasteiger partial charge in [0.1, 0.15) is 11.6 Å². The fourth-order valence-electron chi connectivity index (χ4n) is 4.44. The van der Waals surface area contributed by atoms with E-state index in [4.69, 9.17) is 15.5 Å². The number of likely N-dealkylation sites (N-methyl/N-ethyl adjacent to an activating group) is 1. The predicted molar refractivity (Wildman–Crippen MR) is 144 cm³/mol. The average Bonchev–Trinajstić information content (AvgIpc) is 2.89. The number of rotatable bonds is 9. The molecule has 0 unspecified atom stereocenters. The highest BCUT2D eigenvalue weighted by atomic mass is 16.5. The largest absolute Gasteiger partial charge is 0.399 e. The number of aliphatic hydroxyl groups excluding tert-OH is 1. The molecular formula is C28H35N5O2. The number of hydrogen-bond donors (Lipinski definition) is 2. The van der Waals surface area contributed by atoms with Crippen molar-refractivity contribution in [1.82, 2.24) is 9.97 Å². The topological polar surface area (TPSA) is 87.7 Å². The molecule has 3 aromatic rings. The average molecular weight is 474 g/mol. The second kappa shape index (κ2) is 11.3. The molecule has 0 bridgehead atoms. The molecule has 3 heterocycles. The molecule has 4 rings (SSSR count). The lowest BCUT2D eigenvalue weighted by Gasteiger charge is -2.30. The zero-order chi connectivity index (χ0) is 24.8. The van der Waals surface area contributed by atoms with Gasteiger partial charge in [0.15, 0.2) is 0 Å². The number of pyridine rings is 2. The summed E-state index contributed by atoms with van der Waals surface area (Å²) < 4.78 is 5.58. The van der Waals surface area contributed by atoms with Crippen molar-refractivity contribution in [3.8, 4) is 11.3 Å². The molecule has 0 spiro atoms. The molecule has 1 aliphatic rings. The first-order valence-corrected chi connectivity index (χ1v) is 12.2. The molecule has 7 nitrogen and oxygen atoms in total. The molecule has 3 N–H and O–H groups in total. The standard InChI is InChI=1S/C28H35N5O2/c1-4-6-24-25(20(2)21-9-10-30-26(18-21)32(3)11-14-34)19-27(33-12-15-35-16-13-33)31-28(24)22-7-5-8-23(29)17-22/h5,7-10,17-19,34H,2,4,6,11-16,29H2,1,3H3. The van der Waals surface area contributed by atoms with Crippen molar-refractivity contribution in [2.45, 2.75) is 19.8 Å². The molecule has 0 saturated carbocycles. The summed E-state index contributed by atoms with van der Waals surface area (Å²) in [7, 11) is 1.93. The Morgan fingerprint density at radius 1 is 1.20 bits per heavy atom. The lowest BCUT2D eigenvalue weighted by Crippen LogP contribution is -2.37. The van der Waals surface area contributed by atoms with Crippen molar-refractivity contribution in [3.63, 3.8) is 0 Å². The molecule has 1 aromatic carbocycles. The quantitative estimate of drug-likeness (QED) is 0.454. The Bertz CT molecular complexity index is 1170. The molecule has 1 aliphatic heterocycles. The van der Waals surface area contributed by atoms with Crippen molar-refractivity contribution >= 4 is 22.9 Å². The Labute approximate surface area is 207 Å². The molecule has 184 valence electrons. The van der Waals surface area contributed by atoms with Crippen LogP contribution in [0.1, 0.15) is 30.0 Å². The van der Waals surface area contributed by atoms with Crippen LogP contribution < -0.4 is 15.5 Å². The second-order valence-electron chi connectivity index (χ2n) is 8.86. The summed E-state index contributed by atoms with van der Waals surface area (Å²) >= 11 is 0. The molecule has 1 saturated heterocycles. The molecule has 2 aromatic heterocycles. The van der Waals surface area contributed by atoms with Gasteiger partial charge in [-0.05, 0) is 59.0 Å². The molecule has 0 aliphatic carbocycles. The predicted octanol–water partition coefficient (Wildman–Crippen LogP) is 4.00. The first-order chi connectivity index (χ1) is 17.0. The Morgan fingerprint density at radius 2 is 2.00 bits per heavy atom. The molecular weight excluding hydrogens is 438 g/mol. The minimum atomic E-state index is 0.0703. The van der Waals surface area contributed by atoms with Crippen molar-refractivity contribution < 1.29 is 9.84 Å². The van der Waals surface area contributed by atoms with E-state index in [-0.39, 0.29) is 6.61 Å². The summed E-state index contributed by atoms with van der Waals surface area (Å²) in [4.78, 5) is 13.9. The lowest BCUT2D eigenvalue weighted by molar-refractivity contribution is 0.122. The molecule has 0 radical (unpaired) electrons. The minimum absolute atomic E-state index is 0.0703. The van der Waals surface area contributed by atoms with Gasteiger partial charge >= 0.3 is 0 Å². The van der Waals surface area contributed by atoms with Crippen molar-refractivity contribution in [2.75, 3.05) is 62.0 Å². The third-order valence-corrected chi connectivity index (χ3v) is 6.35. The number of ether oxygens (including phenoxy) is 1. The summed E-state index contributed by atoms with van der Waals surface area (Å²) in [6, 6.07) is 14.1. The summed E-state index contributed by atoms with van der Waals surface area (Å²) in [5.74, 6) is 1.72. The van der Waals surface area contributed by atoms with E-state index in [2.05, 4.69) is 35.5 Å². The van der Waals surface area contributed by atoms with Gasteiger partial charge in [0, 0.05) is 44.1 Å². The Balaban J connectivity index is 1.86. The zero-order valence-electron chi connectivity index (χ0n) is 20.7. The van der Waals surface area contributed by atoms with Gasteiger partial charge in [0.25, 0.3) is 0 Å². The zero-order valence-corrected chi connectivity index (χ0v) is 20.7. The van der Waals surface area contributed by atoms with Crippen LogP contribution in [-0.4, -0.2) is 61.6 Å².